The van der Waals surface area contributed by atoms with E-state index in [4.69, 9.17) is 9.47 Å². The normalized spacial score (nSPS) is 22.7. The van der Waals surface area contributed by atoms with Crippen LogP contribution in [0.15, 0.2) is 0 Å². The van der Waals surface area contributed by atoms with Crippen LogP contribution < -0.4 is 0 Å². The van der Waals surface area contributed by atoms with Crippen molar-refractivity contribution in [3.05, 3.63) is 0 Å². The van der Waals surface area contributed by atoms with E-state index >= 15 is 0 Å². The average molecular weight is 465 g/mol. The minimum Gasteiger partial charge on any atom is -0.480 e. The number of aliphatic carboxylic acids is 1. The summed E-state index contributed by atoms with van der Waals surface area (Å²) in [7, 11) is -1.69. The minimum atomic E-state index is -5.51. The van der Waals surface area contributed by atoms with Crippen LogP contribution in [0.5, 0.6) is 0 Å². The number of alkyl halides is 5. The van der Waals surface area contributed by atoms with Gasteiger partial charge in [-0.3, -0.25) is 4.79 Å². The number of unbranched alkanes of at least 4 members (excludes halogenated alkanes) is 2. The summed E-state index contributed by atoms with van der Waals surface area (Å²) in [6.45, 7) is 1.58. The summed E-state index contributed by atoms with van der Waals surface area (Å²) in [5.74, 6) is -5.74. The number of carboxylic acid groups (broad SMARTS) is 1. The van der Waals surface area contributed by atoms with Crippen molar-refractivity contribution < 1.29 is 45.5 Å². The molecule has 2 aliphatic heterocycles. The van der Waals surface area contributed by atoms with Crippen molar-refractivity contribution in [3.63, 3.8) is 0 Å². The minimum absolute atomic E-state index is 0.134. The Morgan fingerprint density at radius 1 is 1.10 bits per heavy atom. The van der Waals surface area contributed by atoms with Crippen molar-refractivity contribution in [1.29, 1.82) is 0 Å². The summed E-state index contributed by atoms with van der Waals surface area (Å²) in [4.78, 5) is 11.8. The molecule has 0 aromatic heterocycles. The molecule has 0 aliphatic carbocycles. The third kappa shape index (κ3) is 6.33. The molecule has 1 atom stereocenters. The van der Waals surface area contributed by atoms with Crippen molar-refractivity contribution in [2.45, 2.75) is 74.3 Å². The fourth-order valence-electron chi connectivity index (χ4n) is 3.59. The van der Waals surface area contributed by atoms with E-state index in [1.165, 1.54) is 0 Å². The average Bonchev–Trinajstić information content (AvgIpc) is 2.70. The summed E-state index contributed by atoms with van der Waals surface area (Å²) >= 11 is 0. The zero-order chi connectivity index (χ0) is 22.4. The van der Waals surface area contributed by atoms with Crippen LogP contribution in [0, 0.1) is 0 Å². The van der Waals surface area contributed by atoms with Crippen molar-refractivity contribution >= 4 is 17.0 Å². The molecule has 2 saturated heterocycles. The lowest BCUT2D eigenvalue weighted by molar-refractivity contribution is -0.284. The highest BCUT2D eigenvalue weighted by molar-refractivity contribution is 7.85. The summed E-state index contributed by atoms with van der Waals surface area (Å²) in [5, 5.41) is 9.61. The largest absolute Gasteiger partial charge is 0.480 e. The van der Waals surface area contributed by atoms with E-state index in [1.54, 1.807) is 4.31 Å². The Bertz CT molecular complexity index is 590. The first-order valence-corrected chi connectivity index (χ1v) is 11.1. The van der Waals surface area contributed by atoms with E-state index in [0.717, 1.165) is 0 Å². The highest BCUT2D eigenvalue weighted by Crippen LogP contribution is 2.39. The van der Waals surface area contributed by atoms with Gasteiger partial charge in [0, 0.05) is 39.3 Å². The number of ether oxygens (including phenoxy) is 2. The number of nitrogens with zero attached hydrogens (tertiary/aromatic N) is 1. The third-order valence-electron chi connectivity index (χ3n) is 5.56. The Hall–Kier alpha value is -0.850. The van der Waals surface area contributed by atoms with Gasteiger partial charge in [0.05, 0.1) is 6.10 Å². The number of carbonyl (C=O) groups is 1. The van der Waals surface area contributed by atoms with Gasteiger partial charge in [-0.05, 0) is 38.5 Å². The fraction of sp³-hybridized carbons (Fsp3) is 0.944. The Kier molecular flexibility index (Phi) is 9.02. The fourth-order valence-corrected chi connectivity index (χ4v) is 5.30. The van der Waals surface area contributed by atoms with Crippen LogP contribution in [-0.2, 0) is 25.3 Å². The van der Waals surface area contributed by atoms with Gasteiger partial charge in [-0.15, -0.1) is 0 Å². The molecule has 0 spiro atoms. The van der Waals surface area contributed by atoms with Gasteiger partial charge in [-0.25, -0.2) is 8.51 Å². The highest BCUT2D eigenvalue weighted by atomic mass is 32.2. The molecule has 2 rings (SSSR count). The second kappa shape index (κ2) is 10.6. The van der Waals surface area contributed by atoms with E-state index in [2.05, 4.69) is 0 Å². The molecule has 1 unspecified atom stereocenters. The molecule has 30 heavy (non-hydrogen) atoms. The van der Waals surface area contributed by atoms with Crippen LogP contribution in [0.2, 0.25) is 0 Å². The van der Waals surface area contributed by atoms with Crippen LogP contribution in [0.4, 0.5) is 22.0 Å². The summed E-state index contributed by atoms with van der Waals surface area (Å²) in [6.07, 6.45) is -5.05. The summed E-state index contributed by atoms with van der Waals surface area (Å²) in [6, 6.07) is 0. The maximum atomic E-state index is 12.9. The number of piperidine rings is 1. The standard InChI is InChI=1S/C18H28F5NO5S/c19-17(20,18(21,22)23)6-2-1-3-11-29-14-4-9-24(10-5-14)30(27)16(15(25)26)7-12-28-13-8-16/h14H,1-13H2,(H,25,26). The first-order chi connectivity index (χ1) is 14.0. The van der Waals surface area contributed by atoms with E-state index < -0.39 is 40.2 Å². The van der Waals surface area contributed by atoms with Crippen molar-refractivity contribution in [2.75, 3.05) is 32.9 Å². The van der Waals surface area contributed by atoms with Gasteiger partial charge in [-0.2, -0.15) is 22.0 Å². The topological polar surface area (TPSA) is 76.1 Å². The van der Waals surface area contributed by atoms with Gasteiger partial charge < -0.3 is 14.6 Å². The molecule has 12 heteroatoms. The van der Waals surface area contributed by atoms with Gasteiger partial charge in [0.2, 0.25) is 0 Å². The molecule has 0 aromatic carbocycles. The zero-order valence-electron chi connectivity index (χ0n) is 16.6. The molecule has 2 fully saturated rings. The Labute approximate surface area is 174 Å². The van der Waals surface area contributed by atoms with E-state index in [9.17, 15) is 36.1 Å². The molecule has 0 amide bonds. The SMILES string of the molecule is O=C(O)C1(S(=O)N2CCC(OCCCCCC(F)(F)C(F)(F)F)CC2)CCOCC1. The molecule has 0 saturated carbocycles. The second-order valence-electron chi connectivity index (χ2n) is 7.67. The van der Waals surface area contributed by atoms with E-state index in [1.807, 2.05) is 0 Å². The number of hydrogen-bond donors (Lipinski definition) is 1. The van der Waals surface area contributed by atoms with Crippen LogP contribution in [-0.4, -0.2) is 75.4 Å². The molecule has 2 heterocycles. The van der Waals surface area contributed by atoms with Gasteiger partial charge in [0.15, 0.2) is 4.75 Å². The van der Waals surface area contributed by atoms with Crippen molar-refractivity contribution in [2.24, 2.45) is 0 Å². The summed E-state index contributed by atoms with van der Waals surface area (Å²) in [5.41, 5.74) is 0. The lowest BCUT2D eigenvalue weighted by atomic mass is 9.99. The van der Waals surface area contributed by atoms with Gasteiger partial charge in [0.25, 0.3) is 0 Å². The molecular weight excluding hydrogens is 437 g/mol. The lowest BCUT2D eigenvalue weighted by Crippen LogP contribution is -2.54. The van der Waals surface area contributed by atoms with Gasteiger partial charge >= 0.3 is 18.1 Å². The van der Waals surface area contributed by atoms with Crippen LogP contribution in [0.1, 0.15) is 51.4 Å². The quantitative estimate of drug-likeness (QED) is 0.395. The summed E-state index contributed by atoms with van der Waals surface area (Å²) < 4.78 is 86.0. The Morgan fingerprint density at radius 2 is 1.70 bits per heavy atom. The maximum absolute atomic E-state index is 12.9. The molecule has 0 aromatic rings. The highest BCUT2D eigenvalue weighted by Gasteiger charge is 2.56. The number of carboxylic acids is 1. The molecular formula is C18H28F5NO5S. The van der Waals surface area contributed by atoms with Gasteiger partial charge in [-0.1, -0.05) is 6.42 Å². The van der Waals surface area contributed by atoms with E-state index in [-0.39, 0.29) is 51.6 Å². The van der Waals surface area contributed by atoms with Crippen LogP contribution in [0.25, 0.3) is 0 Å². The van der Waals surface area contributed by atoms with Crippen LogP contribution in [0.3, 0.4) is 0 Å². The third-order valence-corrected chi connectivity index (χ3v) is 7.65. The second-order valence-corrected chi connectivity index (χ2v) is 9.47. The van der Waals surface area contributed by atoms with Crippen LogP contribution >= 0.6 is 0 Å². The Balaban J connectivity index is 1.66. The monoisotopic (exact) mass is 465 g/mol. The first-order valence-electron chi connectivity index (χ1n) is 10.0. The Morgan fingerprint density at radius 3 is 2.23 bits per heavy atom. The molecule has 1 N–H and O–H groups in total. The maximum Gasteiger partial charge on any atom is 0.453 e. The molecule has 2 aliphatic rings. The molecule has 176 valence electrons. The molecule has 6 nitrogen and oxygen atoms in total. The first kappa shape index (κ1) is 25.4. The lowest BCUT2D eigenvalue weighted by Gasteiger charge is -2.39. The number of hydrogen-bond acceptors (Lipinski definition) is 4. The van der Waals surface area contributed by atoms with E-state index in [0.29, 0.717) is 32.4 Å². The number of halogens is 5. The number of rotatable bonds is 10. The predicted molar refractivity (Wildman–Crippen MR) is 98.6 cm³/mol. The van der Waals surface area contributed by atoms with Crippen molar-refractivity contribution in [1.82, 2.24) is 4.31 Å². The molecule has 0 bridgehead atoms. The predicted octanol–water partition coefficient (Wildman–Crippen LogP) is 3.52. The molecule has 0 radical (unpaired) electrons. The smallest absolute Gasteiger partial charge is 0.453 e. The van der Waals surface area contributed by atoms with Crippen molar-refractivity contribution in [3.8, 4) is 0 Å². The van der Waals surface area contributed by atoms with Gasteiger partial charge in [0.1, 0.15) is 11.0 Å². The zero-order valence-corrected chi connectivity index (χ0v) is 17.4.